The summed E-state index contributed by atoms with van der Waals surface area (Å²) in [6, 6.07) is 9.83. The first-order chi connectivity index (χ1) is 12.1. The van der Waals surface area contributed by atoms with Crippen LogP contribution in [0.5, 0.6) is 0 Å². The predicted octanol–water partition coefficient (Wildman–Crippen LogP) is 0.543. The summed E-state index contributed by atoms with van der Waals surface area (Å²) in [5, 5.41) is 6.94. The molecule has 2 fully saturated rings. The second-order valence-corrected chi connectivity index (χ2v) is 6.52. The number of aryl methyl sites for hydroxylation is 1. The molecule has 0 unspecified atom stereocenters. The third-order valence-electron chi connectivity index (χ3n) is 4.93. The molecule has 130 valence electrons. The zero-order valence-electron chi connectivity index (χ0n) is 14.0. The molecule has 7 heteroatoms. The van der Waals surface area contributed by atoms with E-state index in [4.69, 9.17) is 4.74 Å². The van der Waals surface area contributed by atoms with Crippen molar-refractivity contribution in [3.8, 4) is 0 Å². The monoisotopic (exact) mass is 340 g/mol. The summed E-state index contributed by atoms with van der Waals surface area (Å²) in [6.45, 7) is 0.987. The Labute approximate surface area is 145 Å². The molecule has 0 bridgehead atoms. The van der Waals surface area contributed by atoms with E-state index < -0.39 is 0 Å². The first-order valence-electron chi connectivity index (χ1n) is 8.36. The van der Waals surface area contributed by atoms with E-state index in [9.17, 15) is 9.59 Å². The maximum absolute atomic E-state index is 13.0. The van der Waals surface area contributed by atoms with Crippen LogP contribution in [0.25, 0.3) is 0 Å². The molecule has 25 heavy (non-hydrogen) atoms. The Kier molecular flexibility index (Phi) is 4.01. The van der Waals surface area contributed by atoms with Gasteiger partial charge in [-0.15, -0.1) is 0 Å². The topological polar surface area (TPSA) is 76.5 Å². The van der Waals surface area contributed by atoms with E-state index in [1.54, 1.807) is 24.1 Å². The summed E-state index contributed by atoms with van der Waals surface area (Å²) in [6.07, 6.45) is 3.08. The minimum atomic E-state index is -0.207. The summed E-state index contributed by atoms with van der Waals surface area (Å²) < 4.78 is 7.51. The van der Waals surface area contributed by atoms with Gasteiger partial charge in [-0.1, -0.05) is 30.3 Å². The molecule has 0 aliphatic carbocycles. The van der Waals surface area contributed by atoms with Crippen molar-refractivity contribution in [2.24, 2.45) is 7.05 Å². The molecule has 0 spiro atoms. The minimum Gasteiger partial charge on any atom is -0.365 e. The van der Waals surface area contributed by atoms with E-state index in [2.05, 4.69) is 10.4 Å². The Morgan fingerprint density at radius 1 is 1.32 bits per heavy atom. The smallest absolute Gasteiger partial charge is 0.257 e. The highest BCUT2D eigenvalue weighted by atomic mass is 16.5. The normalized spacial score (nSPS) is 26.0. The zero-order valence-corrected chi connectivity index (χ0v) is 14.0. The van der Waals surface area contributed by atoms with Crippen molar-refractivity contribution in [3.05, 3.63) is 53.9 Å². The summed E-state index contributed by atoms with van der Waals surface area (Å²) in [5.74, 6) is -0.184. The van der Waals surface area contributed by atoms with Crippen LogP contribution in [-0.2, 0) is 16.6 Å². The van der Waals surface area contributed by atoms with Crippen molar-refractivity contribution in [3.63, 3.8) is 0 Å². The highest BCUT2D eigenvalue weighted by molar-refractivity contribution is 5.94. The average Bonchev–Trinajstić information content (AvgIpc) is 3.17. The highest BCUT2D eigenvalue weighted by Gasteiger charge is 2.47. The fraction of sp³-hybridized carbons (Fsp3) is 0.389. The number of fused-ring (bicyclic) bond motifs is 1. The maximum Gasteiger partial charge on any atom is 0.257 e. The maximum atomic E-state index is 13.0. The Morgan fingerprint density at radius 3 is 2.84 bits per heavy atom. The van der Waals surface area contributed by atoms with Crippen LogP contribution in [0.2, 0.25) is 0 Å². The molecule has 0 saturated carbocycles. The van der Waals surface area contributed by atoms with Gasteiger partial charge in [-0.05, 0) is 5.56 Å². The average molecular weight is 340 g/mol. The van der Waals surface area contributed by atoms with E-state index >= 15 is 0 Å². The first-order valence-corrected chi connectivity index (χ1v) is 8.36. The SMILES string of the molecule is Cn1cc(C(=O)N2C[C@H](c3ccccc3)[C@H]3OCC(=O)NC[C@H]32)cn1. The van der Waals surface area contributed by atoms with Gasteiger partial charge in [0.1, 0.15) is 6.61 Å². The van der Waals surface area contributed by atoms with E-state index in [1.165, 1.54) is 0 Å². The highest BCUT2D eigenvalue weighted by Crippen LogP contribution is 2.35. The number of ether oxygens (including phenoxy) is 1. The van der Waals surface area contributed by atoms with Gasteiger partial charge in [-0.2, -0.15) is 5.10 Å². The molecule has 2 saturated heterocycles. The lowest BCUT2D eigenvalue weighted by Gasteiger charge is -2.25. The molecule has 7 nitrogen and oxygen atoms in total. The van der Waals surface area contributed by atoms with Gasteiger partial charge < -0.3 is 15.0 Å². The van der Waals surface area contributed by atoms with Crippen LogP contribution in [0.3, 0.4) is 0 Å². The number of hydrogen-bond donors (Lipinski definition) is 1. The molecule has 2 aliphatic heterocycles. The molecule has 2 aromatic rings. The number of benzene rings is 1. The van der Waals surface area contributed by atoms with Gasteiger partial charge >= 0.3 is 0 Å². The Bertz CT molecular complexity index is 789. The summed E-state index contributed by atoms with van der Waals surface area (Å²) >= 11 is 0. The number of likely N-dealkylation sites (tertiary alicyclic amines) is 1. The summed E-state index contributed by atoms with van der Waals surface area (Å²) in [7, 11) is 1.78. The standard InChI is InChI=1S/C18H20N4O3/c1-21-9-13(7-20-21)18(24)22-10-14(12-5-3-2-4-6-12)17-15(22)8-19-16(23)11-25-17/h2-7,9,14-15,17H,8,10-11H2,1H3,(H,19,23)/t14-,15-,17-/m1/s1. The number of carbonyl (C=O) groups is 2. The van der Waals surface area contributed by atoms with Gasteiger partial charge in [-0.25, -0.2) is 0 Å². The molecule has 2 aliphatic rings. The third kappa shape index (κ3) is 2.91. The van der Waals surface area contributed by atoms with Crippen molar-refractivity contribution in [2.75, 3.05) is 19.7 Å². The van der Waals surface area contributed by atoms with E-state index in [-0.39, 0.29) is 36.5 Å². The number of carbonyl (C=O) groups excluding carboxylic acids is 2. The van der Waals surface area contributed by atoms with E-state index in [0.717, 1.165) is 5.56 Å². The van der Waals surface area contributed by atoms with Crippen LogP contribution in [0.15, 0.2) is 42.7 Å². The van der Waals surface area contributed by atoms with Crippen LogP contribution in [0, 0.1) is 0 Å². The molecule has 1 aromatic carbocycles. The Balaban J connectivity index is 1.67. The molecule has 2 amide bonds. The third-order valence-corrected chi connectivity index (χ3v) is 4.93. The van der Waals surface area contributed by atoms with Gasteiger partial charge in [0.15, 0.2) is 0 Å². The van der Waals surface area contributed by atoms with Crippen molar-refractivity contribution >= 4 is 11.8 Å². The van der Waals surface area contributed by atoms with Gasteiger partial charge in [-0.3, -0.25) is 14.3 Å². The van der Waals surface area contributed by atoms with Gasteiger partial charge in [0.2, 0.25) is 5.91 Å². The number of nitrogens with zero attached hydrogens (tertiary/aromatic N) is 3. The fourth-order valence-corrected chi connectivity index (χ4v) is 3.72. The lowest BCUT2D eigenvalue weighted by atomic mass is 9.93. The number of amides is 2. The number of hydrogen-bond acceptors (Lipinski definition) is 4. The first kappa shape index (κ1) is 15.8. The second kappa shape index (κ2) is 6.33. The van der Waals surface area contributed by atoms with Crippen LogP contribution in [0.4, 0.5) is 0 Å². The molecule has 1 aromatic heterocycles. The molecule has 4 rings (SSSR count). The van der Waals surface area contributed by atoms with E-state index in [0.29, 0.717) is 18.7 Å². The molecule has 1 N–H and O–H groups in total. The lowest BCUT2D eigenvalue weighted by molar-refractivity contribution is -0.125. The van der Waals surface area contributed by atoms with Crippen LogP contribution < -0.4 is 5.32 Å². The zero-order chi connectivity index (χ0) is 17.4. The molecule has 3 heterocycles. The van der Waals surface area contributed by atoms with Gasteiger partial charge in [0.05, 0.1) is 23.9 Å². The Hall–Kier alpha value is -2.67. The summed E-state index contributed by atoms with van der Waals surface area (Å²) in [4.78, 5) is 26.6. The van der Waals surface area contributed by atoms with Gasteiger partial charge in [0, 0.05) is 32.3 Å². The van der Waals surface area contributed by atoms with Crippen LogP contribution >= 0.6 is 0 Å². The molecular weight excluding hydrogens is 320 g/mol. The fourth-order valence-electron chi connectivity index (χ4n) is 3.72. The predicted molar refractivity (Wildman–Crippen MR) is 90.0 cm³/mol. The number of aromatic nitrogens is 2. The van der Waals surface area contributed by atoms with Crippen molar-refractivity contribution in [2.45, 2.75) is 18.1 Å². The summed E-state index contributed by atoms with van der Waals surface area (Å²) in [5.41, 5.74) is 1.67. The number of nitrogens with one attached hydrogen (secondary N) is 1. The number of rotatable bonds is 2. The Morgan fingerprint density at radius 2 is 2.12 bits per heavy atom. The van der Waals surface area contributed by atoms with Crippen molar-refractivity contribution in [1.82, 2.24) is 20.0 Å². The molecular formula is C18H20N4O3. The second-order valence-electron chi connectivity index (χ2n) is 6.52. The minimum absolute atomic E-state index is 0.0272. The van der Waals surface area contributed by atoms with Gasteiger partial charge in [0.25, 0.3) is 5.91 Å². The molecule has 3 atom stereocenters. The lowest BCUT2D eigenvalue weighted by Crippen LogP contribution is -2.45. The molecule has 0 radical (unpaired) electrons. The van der Waals surface area contributed by atoms with Crippen LogP contribution in [0.1, 0.15) is 21.8 Å². The quantitative estimate of drug-likeness (QED) is 0.866. The van der Waals surface area contributed by atoms with Crippen molar-refractivity contribution in [1.29, 1.82) is 0 Å². The van der Waals surface area contributed by atoms with E-state index in [1.807, 2.05) is 35.2 Å². The van der Waals surface area contributed by atoms with Crippen LogP contribution in [-0.4, -0.2) is 58.3 Å². The van der Waals surface area contributed by atoms with Crippen molar-refractivity contribution < 1.29 is 14.3 Å². The largest absolute Gasteiger partial charge is 0.365 e.